The van der Waals surface area contributed by atoms with E-state index in [1.165, 1.54) is 37.7 Å². The van der Waals surface area contributed by atoms with Crippen molar-refractivity contribution in [1.82, 2.24) is 0 Å². The first-order valence-corrected chi connectivity index (χ1v) is 8.77. The van der Waals surface area contributed by atoms with E-state index in [0.717, 1.165) is 17.7 Å². The molecular formula is C21H17F2NS. The Morgan fingerprint density at radius 2 is 1.48 bits per heavy atom. The highest BCUT2D eigenvalue weighted by molar-refractivity contribution is 7.78. The van der Waals surface area contributed by atoms with Gasteiger partial charge >= 0.3 is 0 Å². The molecule has 0 atom stereocenters. The van der Waals surface area contributed by atoms with Gasteiger partial charge in [-0.1, -0.05) is 43.2 Å². The zero-order valence-electron chi connectivity index (χ0n) is 13.7. The highest BCUT2D eigenvalue weighted by atomic mass is 32.1. The fourth-order valence-corrected chi connectivity index (χ4v) is 3.30. The summed E-state index contributed by atoms with van der Waals surface area (Å²) in [5, 5.41) is 1.97. The van der Waals surface area contributed by atoms with Crippen molar-refractivity contribution in [2.24, 2.45) is 4.99 Å². The van der Waals surface area contributed by atoms with Crippen LogP contribution in [-0.2, 0) is 0 Å². The first-order valence-electron chi connectivity index (χ1n) is 8.36. The van der Waals surface area contributed by atoms with E-state index >= 15 is 0 Å². The van der Waals surface area contributed by atoms with Crippen LogP contribution in [0.5, 0.6) is 0 Å². The maximum absolute atomic E-state index is 13.8. The number of nitrogens with zero attached hydrogens (tertiary/aromatic N) is 1. The van der Waals surface area contributed by atoms with Gasteiger partial charge in [-0.3, -0.25) is 0 Å². The van der Waals surface area contributed by atoms with Crippen molar-refractivity contribution in [3.8, 4) is 11.8 Å². The maximum Gasteiger partial charge on any atom is 0.153 e. The van der Waals surface area contributed by atoms with Gasteiger partial charge < -0.3 is 0 Å². The van der Waals surface area contributed by atoms with E-state index in [1.807, 2.05) is 17.3 Å². The summed E-state index contributed by atoms with van der Waals surface area (Å²) in [4.78, 5) is 3.39. The van der Waals surface area contributed by atoms with Crippen LogP contribution >= 0.6 is 12.2 Å². The van der Waals surface area contributed by atoms with Gasteiger partial charge in [0.1, 0.15) is 5.69 Å². The van der Waals surface area contributed by atoms with Gasteiger partial charge in [-0.2, -0.15) is 4.99 Å². The van der Waals surface area contributed by atoms with E-state index in [9.17, 15) is 8.78 Å². The van der Waals surface area contributed by atoms with E-state index in [2.05, 4.69) is 41.2 Å². The van der Waals surface area contributed by atoms with Gasteiger partial charge in [0, 0.05) is 11.1 Å². The molecule has 2 aromatic rings. The second-order valence-electron chi connectivity index (χ2n) is 6.20. The highest BCUT2D eigenvalue weighted by Crippen LogP contribution is 2.32. The Bertz CT molecular complexity index is 842. The monoisotopic (exact) mass is 353 g/mol. The molecule has 0 aromatic heterocycles. The molecule has 25 heavy (non-hydrogen) atoms. The fourth-order valence-electron chi connectivity index (χ4n) is 3.21. The van der Waals surface area contributed by atoms with Crippen LogP contribution in [0.25, 0.3) is 0 Å². The van der Waals surface area contributed by atoms with Crippen LogP contribution in [0.4, 0.5) is 14.5 Å². The average Bonchev–Trinajstić information content (AvgIpc) is 2.64. The molecule has 0 aliphatic heterocycles. The Labute approximate surface area is 151 Å². The summed E-state index contributed by atoms with van der Waals surface area (Å²) < 4.78 is 27.6. The number of halogens is 2. The molecule has 0 amide bonds. The van der Waals surface area contributed by atoms with Crippen molar-refractivity contribution in [3.05, 3.63) is 64.7 Å². The van der Waals surface area contributed by atoms with Crippen molar-refractivity contribution in [1.29, 1.82) is 0 Å². The average molecular weight is 353 g/mol. The topological polar surface area (TPSA) is 12.4 Å². The Morgan fingerprint density at radius 1 is 0.880 bits per heavy atom. The van der Waals surface area contributed by atoms with Crippen LogP contribution in [0.15, 0.2) is 41.4 Å². The van der Waals surface area contributed by atoms with Crippen molar-refractivity contribution in [3.63, 3.8) is 0 Å². The third-order valence-corrected chi connectivity index (χ3v) is 4.60. The Balaban J connectivity index is 1.78. The van der Waals surface area contributed by atoms with Gasteiger partial charge in [0.05, 0.1) is 5.16 Å². The summed E-state index contributed by atoms with van der Waals surface area (Å²) in [5.74, 6) is 4.79. The fraction of sp³-hybridized carbons (Fsp3) is 0.286. The molecule has 0 bridgehead atoms. The molecule has 4 heteroatoms. The Hall–Kier alpha value is -2.34. The van der Waals surface area contributed by atoms with E-state index in [-0.39, 0.29) is 5.56 Å². The summed E-state index contributed by atoms with van der Waals surface area (Å²) in [7, 11) is 0. The van der Waals surface area contributed by atoms with Gasteiger partial charge in [-0.05, 0) is 60.8 Å². The van der Waals surface area contributed by atoms with E-state index in [1.54, 1.807) is 0 Å². The molecule has 0 heterocycles. The summed E-state index contributed by atoms with van der Waals surface area (Å²) >= 11 is 4.38. The van der Waals surface area contributed by atoms with Gasteiger partial charge in [-0.15, -0.1) is 0 Å². The van der Waals surface area contributed by atoms with Crippen molar-refractivity contribution >= 4 is 23.1 Å². The molecule has 0 radical (unpaired) electrons. The Kier molecular flexibility index (Phi) is 5.71. The van der Waals surface area contributed by atoms with E-state index in [0.29, 0.717) is 5.92 Å². The molecule has 1 fully saturated rings. The quantitative estimate of drug-likeness (QED) is 0.358. The molecule has 1 nitrogen and oxygen atoms in total. The highest BCUT2D eigenvalue weighted by Gasteiger charge is 2.14. The minimum atomic E-state index is -0.797. The van der Waals surface area contributed by atoms with Gasteiger partial charge in [0.25, 0.3) is 0 Å². The molecule has 126 valence electrons. The number of isothiocyanates is 1. The first kappa shape index (κ1) is 17.5. The number of thiocarbonyl (C=S) groups is 1. The van der Waals surface area contributed by atoms with Crippen molar-refractivity contribution in [2.75, 3.05) is 0 Å². The minimum Gasteiger partial charge on any atom is -0.204 e. The molecule has 0 unspecified atom stereocenters. The van der Waals surface area contributed by atoms with Gasteiger partial charge in [0.15, 0.2) is 11.6 Å². The smallest absolute Gasteiger partial charge is 0.153 e. The number of hydrogen-bond donors (Lipinski definition) is 0. The first-order chi connectivity index (χ1) is 12.2. The molecule has 0 N–H and O–H groups in total. The number of benzene rings is 2. The molecule has 1 saturated carbocycles. The molecule has 0 spiro atoms. The lowest BCUT2D eigenvalue weighted by Gasteiger charge is -2.21. The third kappa shape index (κ3) is 4.39. The van der Waals surface area contributed by atoms with Crippen molar-refractivity contribution < 1.29 is 8.78 Å². The third-order valence-electron chi connectivity index (χ3n) is 4.51. The lowest BCUT2D eigenvalue weighted by atomic mass is 9.84. The van der Waals surface area contributed by atoms with Crippen LogP contribution in [-0.4, -0.2) is 5.16 Å². The normalized spacial score (nSPS) is 14.3. The zero-order chi connectivity index (χ0) is 17.6. The standard InChI is InChI=1S/C21H17F2NS/c22-19-12-16(13-20(23)21(19)24-14-25)7-6-15-8-10-18(11-9-15)17-4-2-1-3-5-17/h8-13,17H,1-5H2. The van der Waals surface area contributed by atoms with E-state index < -0.39 is 17.3 Å². The Morgan fingerprint density at radius 3 is 2.08 bits per heavy atom. The molecule has 1 aliphatic rings. The predicted octanol–water partition coefficient (Wildman–Crippen LogP) is 6.15. The summed E-state index contributed by atoms with van der Waals surface area (Å²) in [6.07, 6.45) is 6.43. The lowest BCUT2D eigenvalue weighted by Crippen LogP contribution is -2.04. The number of aliphatic imine (C=N–C) groups is 1. The largest absolute Gasteiger partial charge is 0.204 e. The van der Waals surface area contributed by atoms with Crippen LogP contribution in [0.1, 0.15) is 54.7 Å². The lowest BCUT2D eigenvalue weighted by molar-refractivity contribution is 0.443. The van der Waals surface area contributed by atoms with Crippen molar-refractivity contribution in [2.45, 2.75) is 38.0 Å². The SMILES string of the molecule is Fc1cc(C#Cc2ccc(C3CCCCC3)cc2)cc(F)c1N=C=S. The second kappa shape index (κ2) is 8.16. The van der Waals surface area contributed by atoms with Crippen LogP contribution < -0.4 is 0 Å². The van der Waals surface area contributed by atoms with Crippen LogP contribution in [0.2, 0.25) is 0 Å². The number of hydrogen-bond acceptors (Lipinski definition) is 2. The molecular weight excluding hydrogens is 336 g/mol. The van der Waals surface area contributed by atoms with Crippen LogP contribution in [0.3, 0.4) is 0 Å². The summed E-state index contributed by atoms with van der Waals surface area (Å²) in [5.41, 5.74) is 2.00. The number of rotatable bonds is 2. The second-order valence-corrected chi connectivity index (χ2v) is 6.38. The molecule has 2 aromatic carbocycles. The van der Waals surface area contributed by atoms with Gasteiger partial charge in [-0.25, -0.2) is 8.78 Å². The van der Waals surface area contributed by atoms with Gasteiger partial charge in [0.2, 0.25) is 0 Å². The molecule has 3 rings (SSSR count). The zero-order valence-corrected chi connectivity index (χ0v) is 14.5. The minimum absolute atomic E-state index is 0.259. The predicted molar refractivity (Wildman–Crippen MR) is 99.3 cm³/mol. The van der Waals surface area contributed by atoms with E-state index in [4.69, 9.17) is 0 Å². The van der Waals surface area contributed by atoms with Crippen LogP contribution in [0, 0.1) is 23.5 Å². The maximum atomic E-state index is 13.8. The summed E-state index contributed by atoms with van der Waals surface area (Å²) in [6.45, 7) is 0. The summed E-state index contributed by atoms with van der Waals surface area (Å²) in [6, 6.07) is 10.5. The molecule has 0 saturated heterocycles. The molecule has 1 aliphatic carbocycles.